The van der Waals surface area contributed by atoms with Crippen LogP contribution in [0.1, 0.15) is 37.6 Å². The third kappa shape index (κ3) is 6.93. The number of nitrogens with one attached hydrogen (secondary N) is 2. The molecule has 0 atom stereocenters. The number of ether oxygens (including phenoxy) is 1. The highest BCUT2D eigenvalue weighted by Gasteiger charge is 2.23. The van der Waals surface area contributed by atoms with Gasteiger partial charge in [0.25, 0.3) is 0 Å². The highest BCUT2D eigenvalue weighted by molar-refractivity contribution is 5.96. The number of nitriles is 1. The van der Waals surface area contributed by atoms with Crippen LogP contribution in [0.25, 0.3) is 5.69 Å². The second-order valence-electron chi connectivity index (χ2n) is 9.49. The lowest BCUT2D eigenvalue weighted by Crippen LogP contribution is -2.42. The van der Waals surface area contributed by atoms with Crippen LogP contribution in [-0.4, -0.2) is 53.4 Å². The van der Waals surface area contributed by atoms with Crippen LogP contribution in [-0.2, 0) is 14.9 Å². The lowest BCUT2D eigenvalue weighted by atomic mass is 9.92. The van der Waals surface area contributed by atoms with Gasteiger partial charge in [-0.05, 0) is 43.3 Å². The van der Waals surface area contributed by atoms with E-state index in [1.807, 2.05) is 43.3 Å². The van der Waals surface area contributed by atoms with Gasteiger partial charge < -0.3 is 20.3 Å². The molecule has 2 N–H and O–H groups in total. The topological polar surface area (TPSA) is 112 Å². The third-order valence-electron chi connectivity index (χ3n) is 5.48. The first-order chi connectivity index (χ1) is 17.1. The zero-order chi connectivity index (χ0) is 26.3. The quantitative estimate of drug-likeness (QED) is 0.486. The van der Waals surface area contributed by atoms with Crippen molar-refractivity contribution >= 4 is 23.4 Å². The number of hydrogen-bond donors (Lipinski definition) is 2. The summed E-state index contributed by atoms with van der Waals surface area (Å²) in [6, 6.07) is 17.8. The molecular formula is C27H32N6O3. The number of nitrogens with zero attached hydrogens (tertiary/aromatic N) is 4. The monoisotopic (exact) mass is 488 g/mol. The molecule has 0 bridgehead atoms. The number of benzene rings is 2. The van der Waals surface area contributed by atoms with Gasteiger partial charge in [0, 0.05) is 30.8 Å². The minimum Gasteiger partial charge on any atom is -0.383 e. The number of carbonyl (C=O) groups is 2. The Morgan fingerprint density at radius 2 is 1.75 bits per heavy atom. The summed E-state index contributed by atoms with van der Waals surface area (Å²) in [6.07, 6.45) is 0. The number of aromatic nitrogens is 2. The number of hydrogen-bond acceptors (Lipinski definition) is 5. The Kier molecular flexibility index (Phi) is 8.46. The highest BCUT2D eigenvalue weighted by Crippen LogP contribution is 2.26. The summed E-state index contributed by atoms with van der Waals surface area (Å²) in [4.78, 5) is 27.4. The molecule has 36 heavy (non-hydrogen) atoms. The molecule has 0 aliphatic heterocycles. The summed E-state index contributed by atoms with van der Waals surface area (Å²) < 4.78 is 6.83. The summed E-state index contributed by atoms with van der Waals surface area (Å²) in [5.74, 6) is 0.155. The second kappa shape index (κ2) is 11.5. The first-order valence-corrected chi connectivity index (χ1v) is 11.6. The Morgan fingerprint density at radius 1 is 1.08 bits per heavy atom. The van der Waals surface area contributed by atoms with Crippen LogP contribution in [0.5, 0.6) is 0 Å². The molecule has 0 fully saturated rings. The number of urea groups is 1. The molecule has 1 aromatic heterocycles. The average molecular weight is 489 g/mol. The van der Waals surface area contributed by atoms with Gasteiger partial charge >= 0.3 is 6.03 Å². The van der Waals surface area contributed by atoms with E-state index >= 15 is 0 Å². The first kappa shape index (κ1) is 26.4. The Balaban J connectivity index is 1.79. The Hall–Kier alpha value is -4.16. The molecule has 0 aliphatic rings. The molecular weight excluding hydrogens is 456 g/mol. The van der Waals surface area contributed by atoms with E-state index in [2.05, 4.69) is 31.4 Å². The van der Waals surface area contributed by atoms with Crippen molar-refractivity contribution in [2.75, 3.05) is 37.4 Å². The van der Waals surface area contributed by atoms with Crippen LogP contribution >= 0.6 is 0 Å². The fourth-order valence-electron chi connectivity index (χ4n) is 3.36. The third-order valence-corrected chi connectivity index (χ3v) is 5.48. The molecule has 0 saturated heterocycles. The van der Waals surface area contributed by atoms with Crippen molar-refractivity contribution in [2.24, 2.45) is 0 Å². The zero-order valence-electron chi connectivity index (χ0n) is 21.3. The van der Waals surface area contributed by atoms with Gasteiger partial charge in [-0.1, -0.05) is 38.5 Å². The van der Waals surface area contributed by atoms with Crippen molar-refractivity contribution in [1.82, 2.24) is 14.7 Å². The Bertz CT molecular complexity index is 1230. The maximum Gasteiger partial charge on any atom is 0.322 e. The van der Waals surface area contributed by atoms with Crippen molar-refractivity contribution in [3.05, 3.63) is 71.4 Å². The predicted molar refractivity (Wildman–Crippen MR) is 139 cm³/mol. The fraction of sp³-hybridized carbons (Fsp3) is 0.333. The summed E-state index contributed by atoms with van der Waals surface area (Å²) in [5, 5.41) is 19.4. The molecule has 9 nitrogen and oxygen atoms in total. The number of methoxy groups -OCH3 is 1. The van der Waals surface area contributed by atoms with E-state index in [1.54, 1.807) is 28.9 Å². The van der Waals surface area contributed by atoms with E-state index in [0.29, 0.717) is 17.1 Å². The van der Waals surface area contributed by atoms with Crippen LogP contribution in [0, 0.1) is 18.3 Å². The predicted octanol–water partition coefficient (Wildman–Crippen LogP) is 4.47. The smallest absolute Gasteiger partial charge is 0.322 e. The first-order valence-electron chi connectivity index (χ1n) is 11.6. The van der Waals surface area contributed by atoms with Crippen molar-refractivity contribution in [3.63, 3.8) is 0 Å². The number of rotatable bonds is 8. The van der Waals surface area contributed by atoms with E-state index in [4.69, 9.17) is 15.1 Å². The largest absolute Gasteiger partial charge is 0.383 e. The van der Waals surface area contributed by atoms with E-state index in [9.17, 15) is 9.59 Å². The molecule has 1 heterocycles. The fourth-order valence-corrected chi connectivity index (χ4v) is 3.36. The lowest BCUT2D eigenvalue weighted by molar-refractivity contribution is -0.116. The molecule has 3 rings (SSSR count). The van der Waals surface area contributed by atoms with Crippen molar-refractivity contribution in [2.45, 2.75) is 33.1 Å². The average Bonchev–Trinajstić information content (AvgIpc) is 3.27. The normalized spacial score (nSPS) is 11.0. The summed E-state index contributed by atoms with van der Waals surface area (Å²) in [7, 11) is 1.53. The maximum absolute atomic E-state index is 13.1. The molecule has 0 unspecified atom stereocenters. The van der Waals surface area contributed by atoms with Crippen LogP contribution in [0.15, 0.2) is 54.6 Å². The van der Waals surface area contributed by atoms with Crippen molar-refractivity contribution in [1.29, 1.82) is 5.26 Å². The molecule has 9 heteroatoms. The number of anilines is 2. The van der Waals surface area contributed by atoms with E-state index in [-0.39, 0.29) is 31.0 Å². The molecule has 188 valence electrons. The second-order valence-corrected chi connectivity index (χ2v) is 9.49. The highest BCUT2D eigenvalue weighted by atomic mass is 16.5. The number of aryl methyl sites for hydroxylation is 1. The van der Waals surface area contributed by atoms with Gasteiger partial charge in [0.15, 0.2) is 0 Å². The maximum atomic E-state index is 13.1. The van der Waals surface area contributed by atoms with Crippen LogP contribution in [0.4, 0.5) is 16.3 Å². The zero-order valence-corrected chi connectivity index (χ0v) is 21.3. The summed E-state index contributed by atoms with van der Waals surface area (Å²) >= 11 is 0. The molecule has 2 aromatic carbocycles. The van der Waals surface area contributed by atoms with Gasteiger partial charge in [0.2, 0.25) is 5.91 Å². The van der Waals surface area contributed by atoms with E-state index in [0.717, 1.165) is 16.9 Å². The molecule has 0 radical (unpaired) electrons. The van der Waals surface area contributed by atoms with Crippen LogP contribution in [0.2, 0.25) is 0 Å². The van der Waals surface area contributed by atoms with Crippen molar-refractivity contribution in [3.8, 4) is 11.8 Å². The standard InChI is InChI=1S/C27H32N6O3/c1-19-6-12-22(13-7-19)33-24(16-23(31-33)27(2,3)4)30-25(34)18-32(14-15-36-5)26(35)29-21-10-8-20(17-28)9-11-21/h6-13,16H,14-15,18H2,1-5H3,(H,29,35)(H,30,34). The molecule has 0 saturated carbocycles. The van der Waals surface area contributed by atoms with Crippen LogP contribution < -0.4 is 10.6 Å². The van der Waals surface area contributed by atoms with Gasteiger partial charge in [0.05, 0.1) is 29.6 Å². The van der Waals surface area contributed by atoms with Crippen molar-refractivity contribution < 1.29 is 14.3 Å². The molecule has 3 amide bonds. The Labute approximate surface area is 211 Å². The van der Waals surface area contributed by atoms with E-state index in [1.165, 1.54) is 12.0 Å². The number of carbonyl (C=O) groups excluding carboxylic acids is 2. The van der Waals surface area contributed by atoms with E-state index < -0.39 is 6.03 Å². The molecule has 0 spiro atoms. The molecule has 3 aromatic rings. The summed E-state index contributed by atoms with van der Waals surface area (Å²) in [5.41, 5.74) is 3.56. The van der Waals surface area contributed by atoms with Gasteiger partial charge in [-0.3, -0.25) is 4.79 Å². The minimum atomic E-state index is -0.450. The minimum absolute atomic E-state index is 0.185. The van der Waals surface area contributed by atoms with Gasteiger partial charge in [-0.2, -0.15) is 10.4 Å². The van der Waals surface area contributed by atoms with Crippen LogP contribution in [0.3, 0.4) is 0 Å². The van der Waals surface area contributed by atoms with Gasteiger partial charge in [0.1, 0.15) is 12.4 Å². The lowest BCUT2D eigenvalue weighted by Gasteiger charge is -2.22. The van der Waals surface area contributed by atoms with Gasteiger partial charge in [-0.25, -0.2) is 9.48 Å². The Morgan fingerprint density at radius 3 is 2.33 bits per heavy atom. The summed E-state index contributed by atoms with van der Waals surface area (Å²) in [6.45, 7) is 8.48. The van der Waals surface area contributed by atoms with Gasteiger partial charge in [-0.15, -0.1) is 0 Å². The molecule has 0 aliphatic carbocycles. The number of amides is 3. The SMILES string of the molecule is COCCN(CC(=O)Nc1cc(C(C)(C)C)nn1-c1ccc(C)cc1)C(=O)Nc1ccc(C#N)cc1.